The summed E-state index contributed by atoms with van der Waals surface area (Å²) in [5.74, 6) is -0.159. The molecule has 8 nitrogen and oxygen atoms in total. The van der Waals surface area contributed by atoms with Crippen LogP contribution in [0.1, 0.15) is 245 Å². The number of aliphatic hydroxyl groups is 1. The van der Waals surface area contributed by atoms with Gasteiger partial charge < -0.3 is 19.8 Å². The van der Waals surface area contributed by atoms with Crippen molar-refractivity contribution in [2.24, 2.45) is 0 Å². The number of hydrogen-bond donors (Lipinski definition) is 3. The standard InChI is InChI=1S/C47H97N2O6P/c1-6-8-10-12-13-14-15-16-17-18-19-20-21-22-23-24-25-26-27-28-29-30-31-32-33-34-35-36-37-38-40-46(50)45(48-47(51)41-39-11-9-7-2)44-55-56(52,53)54-43-42-49(3,4)5/h45-46,50H,6-44H2,1-5H3,(H-,48,51,52,53)/p+1. The zero-order valence-electron chi connectivity index (χ0n) is 38.2. The number of nitrogens with zero attached hydrogens (tertiary/aromatic N) is 1. The molecule has 0 bridgehead atoms. The van der Waals surface area contributed by atoms with Crippen molar-refractivity contribution in [3.05, 3.63) is 0 Å². The highest BCUT2D eigenvalue weighted by Gasteiger charge is 2.28. The highest BCUT2D eigenvalue weighted by Crippen LogP contribution is 2.43. The molecular formula is C47H98N2O6P+. The third kappa shape index (κ3) is 41.7. The fourth-order valence-electron chi connectivity index (χ4n) is 7.46. The number of carbonyl (C=O) groups excluding carboxylic acids is 1. The fourth-order valence-corrected chi connectivity index (χ4v) is 8.20. The lowest BCUT2D eigenvalue weighted by Gasteiger charge is -2.26. The molecule has 0 aromatic rings. The van der Waals surface area contributed by atoms with Crippen LogP contribution in [-0.4, -0.2) is 73.4 Å². The third-order valence-corrected chi connectivity index (χ3v) is 12.3. The monoisotopic (exact) mass is 818 g/mol. The van der Waals surface area contributed by atoms with E-state index >= 15 is 0 Å². The van der Waals surface area contributed by atoms with E-state index in [1.165, 1.54) is 173 Å². The van der Waals surface area contributed by atoms with Crippen molar-refractivity contribution in [3.63, 3.8) is 0 Å². The fraction of sp³-hybridized carbons (Fsp3) is 0.979. The number of nitrogens with one attached hydrogen (secondary N) is 1. The van der Waals surface area contributed by atoms with Crippen molar-refractivity contribution in [2.45, 2.75) is 257 Å². The maximum atomic E-state index is 12.6. The van der Waals surface area contributed by atoms with E-state index in [4.69, 9.17) is 9.05 Å². The Kier molecular flexibility index (Phi) is 39.6. The van der Waals surface area contributed by atoms with Crippen molar-refractivity contribution in [2.75, 3.05) is 40.9 Å². The molecule has 0 aliphatic carbocycles. The summed E-state index contributed by atoms with van der Waals surface area (Å²) in [6.45, 7) is 4.79. The molecule has 0 rings (SSSR count). The first-order chi connectivity index (χ1) is 27.0. The van der Waals surface area contributed by atoms with Crippen LogP contribution in [0, 0.1) is 0 Å². The zero-order chi connectivity index (χ0) is 41.4. The molecule has 3 unspecified atom stereocenters. The summed E-state index contributed by atoms with van der Waals surface area (Å²) in [4.78, 5) is 22.8. The van der Waals surface area contributed by atoms with Gasteiger partial charge in [-0.2, -0.15) is 0 Å². The number of quaternary nitrogens is 1. The van der Waals surface area contributed by atoms with E-state index in [0.29, 0.717) is 23.9 Å². The first-order valence-corrected chi connectivity index (χ1v) is 25.9. The number of likely N-dealkylation sites (N-methyl/N-ethyl adjacent to an activating group) is 1. The molecule has 336 valence electrons. The Morgan fingerprint density at radius 3 is 1.20 bits per heavy atom. The summed E-state index contributed by atoms with van der Waals surface area (Å²) in [5.41, 5.74) is 0. The molecule has 56 heavy (non-hydrogen) atoms. The summed E-state index contributed by atoms with van der Waals surface area (Å²) in [6.07, 6.45) is 45.1. The van der Waals surface area contributed by atoms with Gasteiger partial charge in [-0.3, -0.25) is 13.8 Å². The molecule has 0 spiro atoms. The molecule has 3 N–H and O–H groups in total. The van der Waals surface area contributed by atoms with Gasteiger partial charge in [-0.05, 0) is 12.8 Å². The number of phosphoric acid groups is 1. The predicted octanol–water partition coefficient (Wildman–Crippen LogP) is 13.8. The van der Waals surface area contributed by atoms with Gasteiger partial charge >= 0.3 is 7.82 Å². The molecule has 0 aliphatic heterocycles. The van der Waals surface area contributed by atoms with Crippen LogP contribution in [0.5, 0.6) is 0 Å². The topological polar surface area (TPSA) is 105 Å². The van der Waals surface area contributed by atoms with Crippen LogP contribution in [-0.2, 0) is 18.4 Å². The Labute approximate surface area is 349 Å². The molecule has 1 amide bonds. The predicted molar refractivity (Wildman–Crippen MR) is 240 cm³/mol. The average Bonchev–Trinajstić information content (AvgIpc) is 3.15. The summed E-state index contributed by atoms with van der Waals surface area (Å²) < 4.78 is 23.4. The second kappa shape index (κ2) is 39.9. The van der Waals surface area contributed by atoms with Gasteiger partial charge in [-0.1, -0.05) is 226 Å². The Morgan fingerprint density at radius 2 is 0.857 bits per heavy atom. The van der Waals surface area contributed by atoms with Crippen molar-refractivity contribution in [1.82, 2.24) is 5.32 Å². The lowest BCUT2D eigenvalue weighted by atomic mass is 10.0. The maximum Gasteiger partial charge on any atom is 0.472 e. The van der Waals surface area contributed by atoms with E-state index in [2.05, 4.69) is 19.2 Å². The van der Waals surface area contributed by atoms with E-state index < -0.39 is 20.0 Å². The van der Waals surface area contributed by atoms with Crippen LogP contribution in [0.4, 0.5) is 0 Å². The largest absolute Gasteiger partial charge is 0.472 e. The summed E-state index contributed by atoms with van der Waals surface area (Å²) in [7, 11) is 1.62. The minimum Gasteiger partial charge on any atom is -0.391 e. The van der Waals surface area contributed by atoms with Gasteiger partial charge in [0.25, 0.3) is 0 Å². The van der Waals surface area contributed by atoms with Gasteiger partial charge in [-0.25, -0.2) is 4.57 Å². The lowest BCUT2D eigenvalue weighted by molar-refractivity contribution is -0.870. The zero-order valence-corrected chi connectivity index (χ0v) is 39.0. The Balaban J connectivity index is 3.79. The van der Waals surface area contributed by atoms with Gasteiger partial charge in [-0.15, -0.1) is 0 Å². The Morgan fingerprint density at radius 1 is 0.536 bits per heavy atom. The van der Waals surface area contributed by atoms with Crippen molar-refractivity contribution < 1.29 is 32.9 Å². The summed E-state index contributed by atoms with van der Waals surface area (Å²) in [5, 5.41) is 13.8. The van der Waals surface area contributed by atoms with E-state index in [1.807, 2.05) is 21.1 Å². The molecule has 0 heterocycles. The second-order valence-electron chi connectivity index (χ2n) is 18.2. The van der Waals surface area contributed by atoms with Gasteiger partial charge in [0.05, 0.1) is 39.9 Å². The highest BCUT2D eigenvalue weighted by atomic mass is 31.2. The number of amides is 1. The summed E-state index contributed by atoms with van der Waals surface area (Å²) >= 11 is 0. The quantitative estimate of drug-likeness (QED) is 0.0321. The molecule has 0 aromatic carbocycles. The molecule has 0 saturated carbocycles. The number of carbonyl (C=O) groups is 1. The van der Waals surface area contributed by atoms with E-state index in [0.717, 1.165) is 44.9 Å². The van der Waals surface area contributed by atoms with Crippen LogP contribution in [0.2, 0.25) is 0 Å². The second-order valence-corrected chi connectivity index (χ2v) is 19.7. The molecular weight excluding hydrogens is 719 g/mol. The van der Waals surface area contributed by atoms with Crippen LogP contribution in [0.3, 0.4) is 0 Å². The van der Waals surface area contributed by atoms with Gasteiger partial charge in [0, 0.05) is 6.42 Å². The summed E-state index contributed by atoms with van der Waals surface area (Å²) in [6, 6.07) is -0.750. The van der Waals surface area contributed by atoms with Crippen molar-refractivity contribution in [3.8, 4) is 0 Å². The lowest BCUT2D eigenvalue weighted by Crippen LogP contribution is -2.46. The number of rotatable bonds is 45. The molecule has 9 heteroatoms. The van der Waals surface area contributed by atoms with Crippen molar-refractivity contribution >= 4 is 13.7 Å². The van der Waals surface area contributed by atoms with E-state index in [-0.39, 0.29) is 19.1 Å². The third-order valence-electron chi connectivity index (χ3n) is 11.4. The van der Waals surface area contributed by atoms with Crippen LogP contribution < -0.4 is 5.32 Å². The number of aliphatic hydroxyl groups excluding tert-OH is 1. The van der Waals surface area contributed by atoms with E-state index in [9.17, 15) is 19.4 Å². The molecule has 3 atom stereocenters. The number of phosphoric ester groups is 1. The minimum absolute atomic E-state index is 0.0773. The smallest absolute Gasteiger partial charge is 0.391 e. The first kappa shape index (κ1) is 55.5. The molecule has 0 saturated heterocycles. The minimum atomic E-state index is -4.29. The van der Waals surface area contributed by atoms with E-state index in [1.54, 1.807) is 0 Å². The first-order valence-electron chi connectivity index (χ1n) is 24.4. The van der Waals surface area contributed by atoms with Crippen molar-refractivity contribution in [1.29, 1.82) is 0 Å². The van der Waals surface area contributed by atoms with Gasteiger partial charge in [0.15, 0.2) is 0 Å². The van der Waals surface area contributed by atoms with Gasteiger partial charge in [0.1, 0.15) is 13.2 Å². The SMILES string of the molecule is CCCCCCCCCCCCCCCCCCCCCCCCCCCCCCCCC(O)C(COP(=O)(O)OCC[N+](C)(C)C)NC(=O)CCCCCC. The van der Waals surface area contributed by atoms with Crippen LogP contribution in [0.25, 0.3) is 0 Å². The van der Waals surface area contributed by atoms with Crippen LogP contribution >= 0.6 is 7.82 Å². The average molecular weight is 818 g/mol. The molecule has 0 aromatic heterocycles. The molecule has 0 radical (unpaired) electrons. The Bertz CT molecular complexity index is 885. The van der Waals surface area contributed by atoms with Gasteiger partial charge in [0.2, 0.25) is 5.91 Å². The highest BCUT2D eigenvalue weighted by molar-refractivity contribution is 7.47. The maximum absolute atomic E-state index is 12.6. The molecule has 0 fully saturated rings. The normalized spacial score (nSPS) is 14.2. The number of unbranched alkanes of at least 4 members (excludes halogenated alkanes) is 32. The Hall–Kier alpha value is -0.500. The molecule has 0 aliphatic rings. The van der Waals surface area contributed by atoms with Crippen LogP contribution in [0.15, 0.2) is 0 Å². The number of hydrogen-bond acceptors (Lipinski definition) is 5.